The summed E-state index contributed by atoms with van der Waals surface area (Å²) >= 11 is 0.131. The van der Waals surface area contributed by atoms with Crippen LogP contribution < -0.4 is 4.46 Å². The number of benzene rings is 1. The monoisotopic (exact) mass is 258 g/mol. The van der Waals surface area contributed by atoms with Crippen LogP contribution >= 0.6 is 0 Å². The van der Waals surface area contributed by atoms with Crippen LogP contribution in [0.5, 0.6) is 0 Å². The molecule has 0 N–H and O–H groups in total. The van der Waals surface area contributed by atoms with E-state index in [9.17, 15) is 4.79 Å². The van der Waals surface area contributed by atoms with Crippen molar-refractivity contribution in [1.29, 1.82) is 0 Å². The number of carbonyl (C=O) groups excluding carboxylic acids is 1. The van der Waals surface area contributed by atoms with Crippen LogP contribution in [-0.4, -0.2) is 35.0 Å². The molecule has 1 rings (SSSR count). The number of carbonyl (C=O) groups is 1. The molecule has 14 heavy (non-hydrogen) atoms. The Bertz CT molecular complexity index is 287. The van der Waals surface area contributed by atoms with Crippen molar-refractivity contribution in [3.8, 4) is 0 Å². The Morgan fingerprint density at radius 1 is 1.43 bits per heavy atom. The van der Waals surface area contributed by atoms with Crippen molar-refractivity contribution < 1.29 is 9.53 Å². The summed E-state index contributed by atoms with van der Waals surface area (Å²) in [6.07, 6.45) is 1.00. The van der Waals surface area contributed by atoms with Crippen molar-refractivity contribution in [2.75, 3.05) is 13.7 Å². The number of ether oxygens (including phenoxy) is 1. The van der Waals surface area contributed by atoms with Crippen LogP contribution in [0, 0.1) is 0 Å². The van der Waals surface area contributed by atoms with Gasteiger partial charge in [0.05, 0.1) is 0 Å². The van der Waals surface area contributed by atoms with E-state index in [1.807, 2.05) is 25.1 Å². The summed E-state index contributed by atoms with van der Waals surface area (Å²) < 4.78 is 5.94. The molecule has 0 aliphatic rings. The van der Waals surface area contributed by atoms with Gasteiger partial charge in [0.1, 0.15) is 0 Å². The molecule has 1 atom stereocenters. The first-order valence-electron chi connectivity index (χ1n) is 4.39. The van der Waals surface area contributed by atoms with Crippen LogP contribution in [0.2, 0.25) is 4.31 Å². The molecule has 2 nitrogen and oxygen atoms in total. The van der Waals surface area contributed by atoms with Crippen LogP contribution in [-0.2, 0) is 9.53 Å². The second-order valence-corrected chi connectivity index (χ2v) is 6.65. The zero-order chi connectivity index (χ0) is 10.4. The molecular weight excluding hydrogens is 243 g/mol. The third-order valence-electron chi connectivity index (χ3n) is 1.77. The van der Waals surface area contributed by atoms with E-state index in [-0.39, 0.29) is 19.3 Å². The molecule has 0 amide bonds. The van der Waals surface area contributed by atoms with Gasteiger partial charge in [-0.1, -0.05) is 0 Å². The Morgan fingerprint density at radius 2 is 2.07 bits per heavy atom. The van der Waals surface area contributed by atoms with Crippen LogP contribution in [0.3, 0.4) is 0 Å². The Kier molecular flexibility index (Phi) is 4.33. The van der Waals surface area contributed by atoms with Gasteiger partial charge in [0.25, 0.3) is 0 Å². The number of rotatable bonds is 5. The van der Waals surface area contributed by atoms with Crippen LogP contribution in [0.1, 0.15) is 6.92 Å². The van der Waals surface area contributed by atoms with E-state index in [1.54, 1.807) is 7.11 Å². The molecule has 1 aromatic carbocycles. The molecule has 0 heterocycles. The van der Waals surface area contributed by atoms with Crippen LogP contribution in [0.25, 0.3) is 0 Å². The van der Waals surface area contributed by atoms with Gasteiger partial charge in [-0.3, -0.25) is 0 Å². The quantitative estimate of drug-likeness (QED) is 0.582. The van der Waals surface area contributed by atoms with Gasteiger partial charge in [0, 0.05) is 0 Å². The van der Waals surface area contributed by atoms with Gasteiger partial charge < -0.3 is 0 Å². The fourth-order valence-electron chi connectivity index (χ4n) is 1.13. The molecule has 0 radical (unpaired) electrons. The third kappa shape index (κ3) is 3.26. The predicted octanol–water partition coefficient (Wildman–Crippen LogP) is 1.04. The summed E-state index contributed by atoms with van der Waals surface area (Å²) in [5.74, 6) is 0. The fourth-order valence-corrected chi connectivity index (χ4v) is 3.35. The van der Waals surface area contributed by atoms with E-state index in [2.05, 4.69) is 12.1 Å². The van der Waals surface area contributed by atoms with E-state index in [1.165, 1.54) is 4.46 Å². The maximum absolute atomic E-state index is 11.0. The Hall–Kier alpha value is -0.631. The van der Waals surface area contributed by atoms with Gasteiger partial charge >= 0.3 is 90.5 Å². The van der Waals surface area contributed by atoms with Gasteiger partial charge in [-0.05, 0) is 0 Å². The van der Waals surface area contributed by atoms with Crippen LogP contribution in [0.15, 0.2) is 30.3 Å². The SMILES string of the molecule is COCC(C)(C=O)[Se]c1ccccc1. The van der Waals surface area contributed by atoms with E-state index < -0.39 is 0 Å². The molecule has 0 fully saturated rings. The molecule has 0 aliphatic carbocycles. The Labute approximate surface area is 90.8 Å². The molecule has 1 unspecified atom stereocenters. The van der Waals surface area contributed by atoms with Gasteiger partial charge in [-0.15, -0.1) is 0 Å². The first-order valence-corrected chi connectivity index (χ1v) is 6.11. The molecule has 0 saturated heterocycles. The van der Waals surface area contributed by atoms with Gasteiger partial charge in [0.2, 0.25) is 0 Å². The van der Waals surface area contributed by atoms with Crippen LogP contribution in [0.4, 0.5) is 0 Å². The summed E-state index contributed by atoms with van der Waals surface area (Å²) in [5.41, 5.74) is 0. The summed E-state index contributed by atoms with van der Waals surface area (Å²) in [6, 6.07) is 10.1. The molecule has 3 heteroatoms. The third-order valence-corrected chi connectivity index (χ3v) is 4.27. The zero-order valence-corrected chi connectivity index (χ0v) is 10.1. The van der Waals surface area contributed by atoms with Gasteiger partial charge in [-0.25, -0.2) is 0 Å². The van der Waals surface area contributed by atoms with Gasteiger partial charge in [0.15, 0.2) is 0 Å². The summed E-state index contributed by atoms with van der Waals surface area (Å²) in [4.78, 5) is 11.0. The Balaban J connectivity index is 2.70. The topological polar surface area (TPSA) is 26.3 Å². The van der Waals surface area contributed by atoms with Crippen molar-refractivity contribution in [2.45, 2.75) is 11.2 Å². The molecular formula is C11H14O2Se. The molecule has 0 bridgehead atoms. The van der Waals surface area contributed by atoms with Crippen molar-refractivity contribution in [1.82, 2.24) is 0 Å². The maximum atomic E-state index is 11.0. The average Bonchev–Trinajstić information content (AvgIpc) is 2.20. The second kappa shape index (κ2) is 5.30. The van der Waals surface area contributed by atoms with Crippen molar-refractivity contribution in [3.05, 3.63) is 30.3 Å². The Morgan fingerprint density at radius 3 is 2.57 bits per heavy atom. The molecule has 0 aromatic heterocycles. The number of hydrogen-bond acceptors (Lipinski definition) is 2. The molecule has 0 saturated carbocycles. The average molecular weight is 257 g/mol. The standard InChI is InChI=1S/C11H14O2Se/c1-11(8-12,9-13-2)14-10-6-4-3-5-7-10/h3-8H,9H2,1-2H3. The fraction of sp³-hybridized carbons (Fsp3) is 0.364. The van der Waals surface area contributed by atoms with E-state index in [4.69, 9.17) is 4.74 Å². The zero-order valence-electron chi connectivity index (χ0n) is 8.40. The minimum atomic E-state index is -0.344. The number of methoxy groups -OCH3 is 1. The van der Waals surface area contributed by atoms with Gasteiger partial charge in [-0.2, -0.15) is 0 Å². The van der Waals surface area contributed by atoms with Crippen molar-refractivity contribution in [2.24, 2.45) is 0 Å². The summed E-state index contributed by atoms with van der Waals surface area (Å²) in [7, 11) is 1.63. The van der Waals surface area contributed by atoms with E-state index >= 15 is 0 Å². The molecule has 0 spiro atoms. The normalized spacial score (nSPS) is 14.7. The van der Waals surface area contributed by atoms with Crippen molar-refractivity contribution in [3.63, 3.8) is 0 Å². The summed E-state index contributed by atoms with van der Waals surface area (Å²) in [6.45, 7) is 2.43. The molecule has 76 valence electrons. The molecule has 1 aromatic rings. The molecule has 0 aliphatic heterocycles. The second-order valence-electron chi connectivity index (χ2n) is 3.28. The van der Waals surface area contributed by atoms with Crippen molar-refractivity contribution >= 4 is 25.7 Å². The first kappa shape index (κ1) is 11.4. The summed E-state index contributed by atoms with van der Waals surface area (Å²) in [5, 5.41) is 0. The number of aldehydes is 1. The first-order chi connectivity index (χ1) is 6.70. The minimum absolute atomic E-state index is 0.131. The predicted molar refractivity (Wildman–Crippen MR) is 58.1 cm³/mol. The van der Waals surface area contributed by atoms with E-state index in [0.717, 1.165) is 6.29 Å². The number of hydrogen-bond donors (Lipinski definition) is 0. The van der Waals surface area contributed by atoms with E-state index in [0.29, 0.717) is 6.61 Å².